The number of aliphatic hydroxyl groups excluding tert-OH is 1. The van der Waals surface area contributed by atoms with Gasteiger partial charge >= 0.3 is 0 Å². The van der Waals surface area contributed by atoms with Gasteiger partial charge < -0.3 is 15.3 Å². The Hall–Kier alpha value is -2.23. The van der Waals surface area contributed by atoms with E-state index >= 15 is 0 Å². The Balaban J connectivity index is 2.84. The van der Waals surface area contributed by atoms with Gasteiger partial charge in [-0.1, -0.05) is 12.1 Å². The zero-order valence-corrected chi connectivity index (χ0v) is 8.71. The Morgan fingerprint density at radius 3 is 2.50 bits per heavy atom. The van der Waals surface area contributed by atoms with E-state index in [1.54, 1.807) is 6.07 Å². The Morgan fingerprint density at radius 1 is 1.25 bits per heavy atom. The van der Waals surface area contributed by atoms with Crippen LogP contribution < -0.4 is 0 Å². The van der Waals surface area contributed by atoms with E-state index in [0.717, 1.165) is 6.08 Å². The second kappa shape index (κ2) is 5.02. The smallest absolute Gasteiger partial charge is 0.157 e. The minimum Gasteiger partial charge on any atom is -0.508 e. The molecule has 0 heterocycles. The molecule has 84 valence electrons. The van der Waals surface area contributed by atoms with Crippen LogP contribution in [0.4, 0.5) is 0 Å². The van der Waals surface area contributed by atoms with Crippen molar-refractivity contribution in [2.45, 2.75) is 6.92 Å². The van der Waals surface area contributed by atoms with Crippen molar-refractivity contribution in [3.8, 4) is 11.5 Å². The predicted octanol–water partition coefficient (Wildman–Crippen LogP) is 2.14. The molecule has 16 heavy (non-hydrogen) atoms. The summed E-state index contributed by atoms with van der Waals surface area (Å²) in [6.07, 6.45) is 3.91. The van der Waals surface area contributed by atoms with Crippen molar-refractivity contribution in [3.63, 3.8) is 0 Å². The summed E-state index contributed by atoms with van der Waals surface area (Å²) < 4.78 is 0. The monoisotopic (exact) mass is 220 g/mol. The number of phenolic OH excluding ortho intramolecular Hbond substituents is 2. The Bertz CT molecular complexity index is 458. The van der Waals surface area contributed by atoms with Gasteiger partial charge in [0.05, 0.1) is 0 Å². The normalized spacial score (nSPS) is 11.9. The third-order valence-electron chi connectivity index (χ3n) is 1.80. The molecule has 0 aliphatic rings. The van der Waals surface area contributed by atoms with Crippen molar-refractivity contribution in [1.29, 1.82) is 0 Å². The van der Waals surface area contributed by atoms with Gasteiger partial charge in [-0.2, -0.15) is 0 Å². The fraction of sp³-hybridized carbons (Fsp3) is 0.0833. The molecular formula is C12H12O4. The molecule has 0 aliphatic carbocycles. The van der Waals surface area contributed by atoms with Crippen molar-refractivity contribution in [2.75, 3.05) is 0 Å². The summed E-state index contributed by atoms with van der Waals surface area (Å²) in [4.78, 5) is 10.6. The number of carbonyl (C=O) groups excluding carboxylic acids is 1. The molecule has 0 aromatic heterocycles. The molecule has 0 spiro atoms. The van der Waals surface area contributed by atoms with Gasteiger partial charge in [-0.05, 0) is 30.7 Å². The molecule has 0 fully saturated rings. The van der Waals surface area contributed by atoms with E-state index in [2.05, 4.69) is 0 Å². The van der Waals surface area contributed by atoms with E-state index in [0.29, 0.717) is 5.56 Å². The molecule has 0 bridgehead atoms. The van der Waals surface area contributed by atoms with E-state index in [9.17, 15) is 15.0 Å². The lowest BCUT2D eigenvalue weighted by molar-refractivity contribution is -0.112. The first-order chi connectivity index (χ1) is 7.49. The number of carbonyl (C=O) groups is 1. The molecule has 0 aliphatic heterocycles. The fourth-order valence-corrected chi connectivity index (χ4v) is 1.08. The quantitative estimate of drug-likeness (QED) is 0.315. The molecule has 0 unspecified atom stereocenters. The second-order valence-corrected chi connectivity index (χ2v) is 3.26. The highest BCUT2D eigenvalue weighted by Gasteiger charge is 1.98. The molecular weight excluding hydrogens is 208 g/mol. The first kappa shape index (κ1) is 11.8. The Labute approximate surface area is 92.8 Å². The number of aromatic hydroxyl groups is 2. The van der Waals surface area contributed by atoms with Gasteiger partial charge in [-0.3, -0.25) is 4.79 Å². The number of ketones is 1. The van der Waals surface area contributed by atoms with E-state index in [1.165, 1.54) is 31.2 Å². The summed E-state index contributed by atoms with van der Waals surface area (Å²) in [5, 5.41) is 27.5. The van der Waals surface area contributed by atoms with Gasteiger partial charge in [0, 0.05) is 6.08 Å². The number of phenols is 2. The maximum absolute atomic E-state index is 10.6. The van der Waals surface area contributed by atoms with Crippen molar-refractivity contribution in [1.82, 2.24) is 0 Å². The average molecular weight is 220 g/mol. The molecule has 4 heteroatoms. The summed E-state index contributed by atoms with van der Waals surface area (Å²) in [5.74, 6) is -0.867. The lowest BCUT2D eigenvalue weighted by Crippen LogP contribution is -1.84. The number of aliphatic hydroxyl groups is 1. The molecule has 0 amide bonds. The number of rotatable bonds is 3. The topological polar surface area (TPSA) is 77.8 Å². The summed E-state index contributed by atoms with van der Waals surface area (Å²) in [7, 11) is 0. The highest BCUT2D eigenvalue weighted by molar-refractivity contribution is 5.88. The van der Waals surface area contributed by atoms with Gasteiger partial charge in [0.25, 0.3) is 0 Å². The van der Waals surface area contributed by atoms with Crippen LogP contribution in [-0.4, -0.2) is 21.1 Å². The van der Waals surface area contributed by atoms with E-state index < -0.39 is 0 Å². The van der Waals surface area contributed by atoms with Crippen LogP contribution >= 0.6 is 0 Å². The molecule has 0 saturated heterocycles. The second-order valence-electron chi connectivity index (χ2n) is 3.26. The molecule has 1 aromatic rings. The molecule has 4 nitrogen and oxygen atoms in total. The number of hydrogen-bond donors (Lipinski definition) is 3. The molecule has 1 aromatic carbocycles. The molecule has 0 saturated carbocycles. The predicted molar refractivity (Wildman–Crippen MR) is 60.2 cm³/mol. The molecule has 0 atom stereocenters. The van der Waals surface area contributed by atoms with Gasteiger partial charge in [0.15, 0.2) is 17.3 Å². The Kier molecular flexibility index (Phi) is 3.72. The standard InChI is InChI=1S/C12H12O4/c1-8(13)6-10(14)4-2-9-3-5-11(15)12(16)7-9/h2-7,14-16H,1H3/b4-2+,10-6-. The van der Waals surface area contributed by atoms with Crippen LogP contribution in [0.5, 0.6) is 11.5 Å². The summed E-state index contributed by atoms with van der Waals surface area (Å²) >= 11 is 0. The van der Waals surface area contributed by atoms with E-state index in [1.807, 2.05) is 0 Å². The van der Waals surface area contributed by atoms with Crippen molar-refractivity contribution < 1.29 is 20.1 Å². The van der Waals surface area contributed by atoms with Gasteiger partial charge in [0.1, 0.15) is 5.76 Å². The van der Waals surface area contributed by atoms with Crippen LogP contribution in [0.3, 0.4) is 0 Å². The number of benzene rings is 1. The molecule has 3 N–H and O–H groups in total. The van der Waals surface area contributed by atoms with Crippen LogP contribution in [0, 0.1) is 0 Å². The maximum Gasteiger partial charge on any atom is 0.157 e. The lowest BCUT2D eigenvalue weighted by atomic mass is 10.2. The van der Waals surface area contributed by atoms with Crippen molar-refractivity contribution >= 4 is 11.9 Å². The number of hydrogen-bond acceptors (Lipinski definition) is 4. The fourth-order valence-electron chi connectivity index (χ4n) is 1.08. The third kappa shape index (κ3) is 3.49. The molecule has 1 rings (SSSR count). The minimum atomic E-state index is -0.254. The van der Waals surface area contributed by atoms with Crippen LogP contribution in [0.2, 0.25) is 0 Å². The maximum atomic E-state index is 10.6. The average Bonchev–Trinajstić information content (AvgIpc) is 2.19. The zero-order chi connectivity index (χ0) is 12.1. The van der Waals surface area contributed by atoms with Gasteiger partial charge in [-0.25, -0.2) is 0 Å². The summed E-state index contributed by atoms with van der Waals surface area (Å²) in [5.41, 5.74) is 0.596. The summed E-state index contributed by atoms with van der Waals surface area (Å²) in [6.45, 7) is 1.33. The highest BCUT2D eigenvalue weighted by Crippen LogP contribution is 2.25. The number of allylic oxidation sites excluding steroid dienone is 2. The molecule has 0 radical (unpaired) electrons. The van der Waals surface area contributed by atoms with Crippen molar-refractivity contribution in [2.24, 2.45) is 0 Å². The van der Waals surface area contributed by atoms with Gasteiger partial charge in [0.2, 0.25) is 0 Å². The first-order valence-corrected chi connectivity index (χ1v) is 4.60. The minimum absolute atomic E-state index is 0.167. The third-order valence-corrected chi connectivity index (χ3v) is 1.80. The van der Waals surface area contributed by atoms with Crippen LogP contribution in [0.25, 0.3) is 6.08 Å². The largest absolute Gasteiger partial charge is 0.508 e. The summed E-state index contributed by atoms with van der Waals surface area (Å²) in [6, 6.07) is 4.24. The van der Waals surface area contributed by atoms with Crippen molar-refractivity contribution in [3.05, 3.63) is 41.7 Å². The SMILES string of the molecule is CC(=O)/C=C(O)/C=C/c1ccc(O)c(O)c1. The lowest BCUT2D eigenvalue weighted by Gasteiger charge is -1.98. The van der Waals surface area contributed by atoms with Crippen LogP contribution in [-0.2, 0) is 4.79 Å². The Morgan fingerprint density at radius 2 is 1.94 bits per heavy atom. The zero-order valence-electron chi connectivity index (χ0n) is 8.71. The highest BCUT2D eigenvalue weighted by atomic mass is 16.3. The van der Waals surface area contributed by atoms with Crippen LogP contribution in [0.15, 0.2) is 36.1 Å². The first-order valence-electron chi connectivity index (χ1n) is 4.60. The van der Waals surface area contributed by atoms with Gasteiger partial charge in [-0.15, -0.1) is 0 Å². The van der Waals surface area contributed by atoms with E-state index in [4.69, 9.17) is 5.11 Å². The van der Waals surface area contributed by atoms with Crippen LogP contribution in [0.1, 0.15) is 12.5 Å². The van der Waals surface area contributed by atoms with E-state index in [-0.39, 0.29) is 23.0 Å².